The number of hydrogen-bond donors (Lipinski definition) is 1. The van der Waals surface area contributed by atoms with Gasteiger partial charge < -0.3 is 24.1 Å². The van der Waals surface area contributed by atoms with Gasteiger partial charge in [0.2, 0.25) is 0 Å². The standard InChI is InChI=1S/C30H41FO6/c1-4-7-9-19-35-27-15-13-23(21-25(27)31)17-20-37-28-16-14-24(22-29(28)36-18-8-5-2)26(34-6-3)11-10-12-30(32)33/h10,12-16,21-22,26H,4-9,11,17-20H2,1-3H3,(H,32,33). The van der Waals surface area contributed by atoms with Gasteiger partial charge in [0.15, 0.2) is 23.1 Å². The van der Waals surface area contributed by atoms with Crippen molar-refractivity contribution in [3.8, 4) is 17.2 Å². The Morgan fingerprint density at radius 2 is 1.59 bits per heavy atom. The number of carboxylic acids is 1. The summed E-state index contributed by atoms with van der Waals surface area (Å²) < 4.78 is 37.9. The van der Waals surface area contributed by atoms with E-state index in [1.54, 1.807) is 12.1 Å². The van der Waals surface area contributed by atoms with Gasteiger partial charge in [-0.25, -0.2) is 9.18 Å². The first-order chi connectivity index (χ1) is 18.0. The highest BCUT2D eigenvalue weighted by molar-refractivity contribution is 5.79. The SMILES string of the molecule is CCCCCOc1ccc(CCOc2ccc(C(CC=CC(=O)O)OCC)cc2OCCCC)cc1F. The van der Waals surface area contributed by atoms with Gasteiger partial charge in [0.05, 0.1) is 25.9 Å². The summed E-state index contributed by atoms with van der Waals surface area (Å²) in [5, 5.41) is 8.88. The summed E-state index contributed by atoms with van der Waals surface area (Å²) in [5.74, 6) is 0.148. The average molecular weight is 517 g/mol. The van der Waals surface area contributed by atoms with Crippen LogP contribution in [0.5, 0.6) is 17.2 Å². The fourth-order valence-electron chi connectivity index (χ4n) is 3.71. The lowest BCUT2D eigenvalue weighted by Crippen LogP contribution is -2.08. The van der Waals surface area contributed by atoms with E-state index in [-0.39, 0.29) is 17.7 Å². The average Bonchev–Trinajstić information content (AvgIpc) is 2.88. The van der Waals surface area contributed by atoms with Gasteiger partial charge in [0, 0.05) is 19.1 Å². The van der Waals surface area contributed by atoms with Gasteiger partial charge in [0.1, 0.15) is 0 Å². The van der Waals surface area contributed by atoms with E-state index in [2.05, 4.69) is 13.8 Å². The van der Waals surface area contributed by atoms with E-state index in [0.717, 1.165) is 49.3 Å². The molecule has 2 rings (SSSR count). The van der Waals surface area contributed by atoms with Crippen LogP contribution in [0.15, 0.2) is 48.6 Å². The second kappa shape index (κ2) is 17.4. The highest BCUT2D eigenvalue weighted by atomic mass is 19.1. The topological polar surface area (TPSA) is 74.2 Å². The molecule has 0 saturated heterocycles. The summed E-state index contributed by atoms with van der Waals surface area (Å²) >= 11 is 0. The second-order valence-corrected chi connectivity index (χ2v) is 8.75. The van der Waals surface area contributed by atoms with Crippen molar-refractivity contribution in [2.24, 2.45) is 0 Å². The first kappa shape index (κ1) is 30.2. The molecular formula is C30H41FO6. The van der Waals surface area contributed by atoms with Crippen molar-refractivity contribution in [1.82, 2.24) is 0 Å². The lowest BCUT2D eigenvalue weighted by Gasteiger charge is -2.19. The Morgan fingerprint density at radius 3 is 2.30 bits per heavy atom. The molecule has 2 aromatic rings. The van der Waals surface area contributed by atoms with Gasteiger partial charge in [-0.15, -0.1) is 0 Å². The maximum absolute atomic E-state index is 14.4. The third kappa shape index (κ3) is 11.3. The molecule has 0 saturated carbocycles. The van der Waals surface area contributed by atoms with E-state index in [9.17, 15) is 9.18 Å². The van der Waals surface area contributed by atoms with Crippen LogP contribution in [0.3, 0.4) is 0 Å². The van der Waals surface area contributed by atoms with Crippen molar-refractivity contribution < 1.29 is 33.2 Å². The molecule has 1 N–H and O–H groups in total. The van der Waals surface area contributed by atoms with Crippen LogP contribution in [0.1, 0.15) is 76.5 Å². The Labute approximate surface area is 220 Å². The maximum Gasteiger partial charge on any atom is 0.327 e. The molecular weight excluding hydrogens is 475 g/mol. The predicted molar refractivity (Wildman–Crippen MR) is 143 cm³/mol. The van der Waals surface area contributed by atoms with Crippen LogP contribution in [-0.2, 0) is 16.0 Å². The van der Waals surface area contributed by atoms with Gasteiger partial charge in [-0.2, -0.15) is 0 Å². The van der Waals surface area contributed by atoms with Crippen molar-refractivity contribution in [3.63, 3.8) is 0 Å². The molecule has 0 amide bonds. The van der Waals surface area contributed by atoms with Gasteiger partial charge in [-0.05, 0) is 61.6 Å². The number of ether oxygens (including phenoxy) is 4. The first-order valence-corrected chi connectivity index (χ1v) is 13.3. The maximum atomic E-state index is 14.4. The zero-order valence-electron chi connectivity index (χ0n) is 22.3. The van der Waals surface area contributed by atoms with Crippen molar-refractivity contribution >= 4 is 5.97 Å². The smallest absolute Gasteiger partial charge is 0.327 e. The molecule has 0 spiro atoms. The molecule has 0 fully saturated rings. The minimum atomic E-state index is -0.989. The van der Waals surface area contributed by atoms with E-state index in [4.69, 9.17) is 24.1 Å². The highest BCUT2D eigenvalue weighted by Crippen LogP contribution is 2.33. The number of carbonyl (C=O) groups is 1. The molecule has 37 heavy (non-hydrogen) atoms. The summed E-state index contributed by atoms with van der Waals surface area (Å²) in [6, 6.07) is 10.7. The van der Waals surface area contributed by atoms with E-state index >= 15 is 0 Å². The van der Waals surface area contributed by atoms with Crippen LogP contribution in [-0.4, -0.2) is 37.5 Å². The molecule has 0 bridgehead atoms. The molecule has 7 heteroatoms. The Bertz CT molecular complexity index is 975. The molecule has 1 atom stereocenters. The van der Waals surface area contributed by atoms with E-state index in [1.165, 1.54) is 6.07 Å². The number of unbranched alkanes of at least 4 members (excludes halogenated alkanes) is 3. The minimum absolute atomic E-state index is 0.282. The summed E-state index contributed by atoms with van der Waals surface area (Å²) in [7, 11) is 0. The fraction of sp³-hybridized carbons (Fsp3) is 0.500. The van der Waals surface area contributed by atoms with Crippen molar-refractivity contribution in [3.05, 3.63) is 65.5 Å². The molecule has 0 aliphatic heterocycles. The number of aliphatic carboxylic acids is 1. The normalized spacial score (nSPS) is 12.0. The molecule has 0 aliphatic rings. The molecule has 0 aliphatic carbocycles. The van der Waals surface area contributed by atoms with Crippen molar-refractivity contribution in [1.29, 1.82) is 0 Å². The van der Waals surface area contributed by atoms with Crippen molar-refractivity contribution in [2.75, 3.05) is 26.4 Å². The van der Waals surface area contributed by atoms with Gasteiger partial charge in [-0.1, -0.05) is 51.3 Å². The third-order valence-corrected chi connectivity index (χ3v) is 5.72. The summed E-state index contributed by atoms with van der Waals surface area (Å²) in [5.41, 5.74) is 1.71. The molecule has 0 radical (unpaired) electrons. The fourth-order valence-corrected chi connectivity index (χ4v) is 3.71. The molecule has 1 unspecified atom stereocenters. The monoisotopic (exact) mass is 516 g/mol. The van der Waals surface area contributed by atoms with Crippen LogP contribution >= 0.6 is 0 Å². The summed E-state index contributed by atoms with van der Waals surface area (Å²) in [6.45, 7) is 8.04. The molecule has 0 heterocycles. The Hall–Kier alpha value is -3.06. The first-order valence-electron chi connectivity index (χ1n) is 13.3. The van der Waals surface area contributed by atoms with Gasteiger partial charge >= 0.3 is 5.97 Å². The Morgan fingerprint density at radius 1 is 0.892 bits per heavy atom. The number of rotatable bonds is 19. The lowest BCUT2D eigenvalue weighted by atomic mass is 10.1. The van der Waals surface area contributed by atoms with Crippen LogP contribution in [0.25, 0.3) is 0 Å². The minimum Gasteiger partial charge on any atom is -0.491 e. The van der Waals surface area contributed by atoms with E-state index < -0.39 is 5.97 Å². The number of hydrogen-bond acceptors (Lipinski definition) is 5. The Balaban J connectivity index is 2.05. The van der Waals surface area contributed by atoms with Gasteiger partial charge in [0.25, 0.3) is 0 Å². The molecule has 0 aromatic heterocycles. The summed E-state index contributed by atoms with van der Waals surface area (Å²) in [4.78, 5) is 10.8. The number of benzene rings is 2. The Kier molecular flexibility index (Phi) is 14.2. The van der Waals surface area contributed by atoms with Crippen LogP contribution in [0.4, 0.5) is 4.39 Å². The van der Waals surface area contributed by atoms with Crippen molar-refractivity contribution in [2.45, 2.75) is 71.8 Å². The molecule has 2 aromatic carbocycles. The lowest BCUT2D eigenvalue weighted by molar-refractivity contribution is -0.131. The zero-order valence-corrected chi connectivity index (χ0v) is 22.3. The number of halogens is 1. The molecule has 6 nitrogen and oxygen atoms in total. The van der Waals surface area contributed by atoms with E-state index in [1.807, 2.05) is 31.2 Å². The quantitative estimate of drug-likeness (QED) is 0.156. The second-order valence-electron chi connectivity index (χ2n) is 8.75. The largest absolute Gasteiger partial charge is 0.491 e. The predicted octanol–water partition coefficient (Wildman–Crippen LogP) is 7.30. The highest BCUT2D eigenvalue weighted by Gasteiger charge is 2.15. The van der Waals surface area contributed by atoms with Crippen LogP contribution in [0, 0.1) is 5.82 Å². The third-order valence-electron chi connectivity index (χ3n) is 5.72. The van der Waals surface area contributed by atoms with Gasteiger partial charge in [-0.3, -0.25) is 0 Å². The van der Waals surface area contributed by atoms with Crippen LogP contribution < -0.4 is 14.2 Å². The zero-order chi connectivity index (χ0) is 26.9. The summed E-state index contributed by atoms with van der Waals surface area (Å²) in [6.07, 6.45) is 8.36. The molecule has 204 valence electrons. The number of carboxylic acid groups (broad SMARTS) is 1. The van der Waals surface area contributed by atoms with Crippen LogP contribution in [0.2, 0.25) is 0 Å². The van der Waals surface area contributed by atoms with E-state index in [0.29, 0.717) is 50.8 Å².